The zero-order chi connectivity index (χ0) is 14.7. The van der Waals surface area contributed by atoms with Gasteiger partial charge in [0.25, 0.3) is 0 Å². The van der Waals surface area contributed by atoms with E-state index in [9.17, 15) is 4.79 Å². The standard InChI is InChI=1S/C15H14N2O4/c18-15(19)13-6-7-14(17-16-13)21-12-3-1-2-11(8-12)20-9-10-4-5-10/h1-3,6-8,10H,4-5,9H2,(H,18,19). The summed E-state index contributed by atoms with van der Waals surface area (Å²) in [5, 5.41) is 16.0. The fraction of sp³-hybridized carbons (Fsp3) is 0.267. The van der Waals surface area contributed by atoms with Gasteiger partial charge in [0.05, 0.1) is 6.61 Å². The van der Waals surface area contributed by atoms with Crippen molar-refractivity contribution in [3.63, 3.8) is 0 Å². The fourth-order valence-corrected chi connectivity index (χ4v) is 1.74. The van der Waals surface area contributed by atoms with E-state index in [-0.39, 0.29) is 11.6 Å². The van der Waals surface area contributed by atoms with E-state index < -0.39 is 5.97 Å². The van der Waals surface area contributed by atoms with Crippen molar-refractivity contribution in [1.82, 2.24) is 10.2 Å². The van der Waals surface area contributed by atoms with E-state index in [0.29, 0.717) is 11.7 Å². The van der Waals surface area contributed by atoms with Gasteiger partial charge < -0.3 is 14.6 Å². The SMILES string of the molecule is O=C(O)c1ccc(Oc2cccc(OCC3CC3)c2)nn1. The van der Waals surface area contributed by atoms with Crippen LogP contribution in [0.15, 0.2) is 36.4 Å². The third kappa shape index (κ3) is 3.68. The molecule has 0 amide bonds. The Balaban J connectivity index is 1.65. The van der Waals surface area contributed by atoms with Crippen molar-refractivity contribution >= 4 is 5.97 Å². The minimum Gasteiger partial charge on any atom is -0.493 e. The molecule has 1 N–H and O–H groups in total. The molecule has 3 rings (SSSR count). The van der Waals surface area contributed by atoms with E-state index in [1.165, 1.54) is 25.0 Å². The second-order valence-corrected chi connectivity index (χ2v) is 4.89. The molecule has 1 aromatic heterocycles. The van der Waals surface area contributed by atoms with Gasteiger partial charge in [0, 0.05) is 12.1 Å². The lowest BCUT2D eigenvalue weighted by Gasteiger charge is -2.08. The molecule has 6 nitrogen and oxygen atoms in total. The molecule has 0 saturated heterocycles. The first-order valence-corrected chi connectivity index (χ1v) is 6.68. The van der Waals surface area contributed by atoms with Gasteiger partial charge in [-0.05, 0) is 37.0 Å². The fourth-order valence-electron chi connectivity index (χ4n) is 1.74. The van der Waals surface area contributed by atoms with Crippen LogP contribution in [0.4, 0.5) is 0 Å². The lowest BCUT2D eigenvalue weighted by molar-refractivity contribution is 0.0689. The first-order valence-electron chi connectivity index (χ1n) is 6.68. The molecule has 21 heavy (non-hydrogen) atoms. The zero-order valence-corrected chi connectivity index (χ0v) is 11.2. The molecule has 0 unspecified atom stereocenters. The predicted octanol–water partition coefficient (Wildman–Crippen LogP) is 2.76. The first-order chi connectivity index (χ1) is 10.2. The Kier molecular flexibility index (Phi) is 3.68. The van der Waals surface area contributed by atoms with Crippen LogP contribution in [0.2, 0.25) is 0 Å². The van der Waals surface area contributed by atoms with E-state index in [1.54, 1.807) is 12.1 Å². The highest BCUT2D eigenvalue weighted by Gasteiger charge is 2.21. The first kappa shape index (κ1) is 13.4. The minimum atomic E-state index is -1.12. The summed E-state index contributed by atoms with van der Waals surface area (Å²) in [6, 6.07) is 10.1. The molecule has 1 saturated carbocycles. The number of carboxylic acid groups (broad SMARTS) is 1. The van der Waals surface area contributed by atoms with E-state index >= 15 is 0 Å². The summed E-state index contributed by atoms with van der Waals surface area (Å²) in [5.74, 6) is 1.11. The predicted molar refractivity (Wildman–Crippen MR) is 73.7 cm³/mol. The molecule has 0 atom stereocenters. The Morgan fingerprint density at radius 2 is 2.00 bits per heavy atom. The highest BCUT2D eigenvalue weighted by molar-refractivity contribution is 5.84. The smallest absolute Gasteiger partial charge is 0.356 e. The molecule has 1 aliphatic carbocycles. The van der Waals surface area contributed by atoms with Gasteiger partial charge in [-0.25, -0.2) is 4.79 Å². The molecule has 2 aromatic rings. The number of rotatable bonds is 6. The van der Waals surface area contributed by atoms with E-state index in [2.05, 4.69) is 10.2 Å². The average molecular weight is 286 g/mol. The average Bonchev–Trinajstić information content (AvgIpc) is 3.30. The van der Waals surface area contributed by atoms with Crippen LogP contribution in [0.1, 0.15) is 23.3 Å². The van der Waals surface area contributed by atoms with Crippen molar-refractivity contribution < 1.29 is 19.4 Å². The number of ether oxygens (including phenoxy) is 2. The molecule has 1 heterocycles. The highest BCUT2D eigenvalue weighted by atomic mass is 16.5. The number of carbonyl (C=O) groups is 1. The van der Waals surface area contributed by atoms with Crippen LogP contribution in [0.3, 0.4) is 0 Å². The van der Waals surface area contributed by atoms with Crippen molar-refractivity contribution in [2.45, 2.75) is 12.8 Å². The Labute approximate surface area is 121 Å². The topological polar surface area (TPSA) is 81.5 Å². The van der Waals surface area contributed by atoms with Gasteiger partial charge >= 0.3 is 5.97 Å². The van der Waals surface area contributed by atoms with Gasteiger partial charge in [-0.15, -0.1) is 10.2 Å². The molecule has 1 fully saturated rings. The number of aromatic nitrogens is 2. The Morgan fingerprint density at radius 3 is 2.67 bits per heavy atom. The number of carboxylic acids is 1. The second-order valence-electron chi connectivity index (χ2n) is 4.89. The summed E-state index contributed by atoms with van der Waals surface area (Å²) >= 11 is 0. The molecule has 1 aromatic carbocycles. The van der Waals surface area contributed by atoms with Crippen LogP contribution < -0.4 is 9.47 Å². The third-order valence-electron chi connectivity index (χ3n) is 3.07. The summed E-state index contributed by atoms with van der Waals surface area (Å²) < 4.78 is 11.2. The summed E-state index contributed by atoms with van der Waals surface area (Å²) in [4.78, 5) is 10.7. The summed E-state index contributed by atoms with van der Waals surface area (Å²) in [6.07, 6.45) is 2.48. The van der Waals surface area contributed by atoms with Gasteiger partial charge in [-0.3, -0.25) is 0 Å². The van der Waals surface area contributed by atoms with Crippen LogP contribution in [0.5, 0.6) is 17.4 Å². The molecule has 0 bridgehead atoms. The quantitative estimate of drug-likeness (QED) is 0.879. The van der Waals surface area contributed by atoms with E-state index in [0.717, 1.165) is 12.4 Å². The Bertz CT molecular complexity index is 638. The number of hydrogen-bond donors (Lipinski definition) is 1. The maximum absolute atomic E-state index is 10.7. The van der Waals surface area contributed by atoms with Gasteiger partial charge in [0.1, 0.15) is 11.5 Å². The lowest BCUT2D eigenvalue weighted by atomic mass is 10.3. The Hall–Kier alpha value is -2.63. The summed E-state index contributed by atoms with van der Waals surface area (Å²) in [7, 11) is 0. The third-order valence-corrected chi connectivity index (χ3v) is 3.07. The summed E-state index contributed by atoms with van der Waals surface area (Å²) in [6.45, 7) is 0.733. The van der Waals surface area contributed by atoms with Crippen LogP contribution >= 0.6 is 0 Å². The van der Waals surface area contributed by atoms with Crippen molar-refractivity contribution in [2.75, 3.05) is 6.61 Å². The van der Waals surface area contributed by atoms with Crippen molar-refractivity contribution in [3.8, 4) is 17.4 Å². The van der Waals surface area contributed by atoms with Gasteiger partial charge in [0.15, 0.2) is 5.69 Å². The maximum Gasteiger partial charge on any atom is 0.356 e. The molecule has 6 heteroatoms. The number of hydrogen-bond acceptors (Lipinski definition) is 5. The molecule has 0 radical (unpaired) electrons. The molecule has 0 aliphatic heterocycles. The van der Waals surface area contributed by atoms with Crippen molar-refractivity contribution in [2.24, 2.45) is 5.92 Å². The largest absolute Gasteiger partial charge is 0.493 e. The van der Waals surface area contributed by atoms with Crippen LogP contribution in [-0.2, 0) is 0 Å². The van der Waals surface area contributed by atoms with Gasteiger partial charge in [0.2, 0.25) is 5.88 Å². The normalized spacial score (nSPS) is 13.7. The van der Waals surface area contributed by atoms with Crippen LogP contribution in [0.25, 0.3) is 0 Å². The van der Waals surface area contributed by atoms with Gasteiger partial charge in [-0.1, -0.05) is 6.07 Å². The van der Waals surface area contributed by atoms with Crippen molar-refractivity contribution in [3.05, 3.63) is 42.1 Å². The minimum absolute atomic E-state index is 0.121. The van der Waals surface area contributed by atoms with Crippen LogP contribution in [-0.4, -0.2) is 27.9 Å². The highest BCUT2D eigenvalue weighted by Crippen LogP contribution is 2.30. The molecule has 1 aliphatic rings. The monoisotopic (exact) mass is 286 g/mol. The molecule has 0 spiro atoms. The molecular weight excluding hydrogens is 272 g/mol. The number of aromatic carboxylic acids is 1. The van der Waals surface area contributed by atoms with E-state index in [1.807, 2.05) is 12.1 Å². The number of benzene rings is 1. The zero-order valence-electron chi connectivity index (χ0n) is 11.2. The van der Waals surface area contributed by atoms with Crippen LogP contribution in [0, 0.1) is 5.92 Å². The lowest BCUT2D eigenvalue weighted by Crippen LogP contribution is -2.02. The van der Waals surface area contributed by atoms with Gasteiger partial charge in [-0.2, -0.15) is 0 Å². The summed E-state index contributed by atoms with van der Waals surface area (Å²) in [5.41, 5.74) is -0.121. The maximum atomic E-state index is 10.7. The number of nitrogens with zero attached hydrogens (tertiary/aromatic N) is 2. The van der Waals surface area contributed by atoms with E-state index in [4.69, 9.17) is 14.6 Å². The molecular formula is C15H14N2O4. The van der Waals surface area contributed by atoms with Crippen molar-refractivity contribution in [1.29, 1.82) is 0 Å². The molecule has 108 valence electrons. The Morgan fingerprint density at radius 1 is 1.19 bits per heavy atom. The second kappa shape index (κ2) is 5.78.